The molecule has 0 spiro atoms. The molecule has 8 heteroatoms. The highest BCUT2D eigenvalue weighted by atomic mass is 32.2. The van der Waals surface area contributed by atoms with Crippen LogP contribution in [0.15, 0.2) is 77.7 Å². The van der Waals surface area contributed by atoms with Crippen molar-refractivity contribution in [2.45, 2.75) is 24.4 Å². The highest BCUT2D eigenvalue weighted by Crippen LogP contribution is 2.31. The first-order valence-corrected chi connectivity index (χ1v) is 12.5. The Morgan fingerprint density at radius 3 is 1.94 bits per heavy atom. The first-order chi connectivity index (χ1) is 16.8. The van der Waals surface area contributed by atoms with E-state index in [1.807, 2.05) is 12.1 Å². The molecule has 0 bridgehead atoms. The van der Waals surface area contributed by atoms with Crippen LogP contribution in [0, 0.1) is 6.92 Å². The molecule has 4 nitrogen and oxygen atoms in total. The summed E-state index contributed by atoms with van der Waals surface area (Å²) in [5.41, 5.74) is 0.593. The number of rotatable bonds is 9. The van der Waals surface area contributed by atoms with Crippen molar-refractivity contribution in [3.63, 3.8) is 0 Å². The maximum atomic E-state index is 12.7. The summed E-state index contributed by atoms with van der Waals surface area (Å²) in [4.78, 5) is 3.82. The van der Waals surface area contributed by atoms with Gasteiger partial charge in [0.2, 0.25) is 0 Å². The Hall–Kier alpha value is -2.68. The number of hydrogen-bond donors (Lipinski definition) is 0. The van der Waals surface area contributed by atoms with E-state index in [1.165, 1.54) is 34.5 Å². The summed E-state index contributed by atoms with van der Waals surface area (Å²) in [5, 5.41) is 0. The predicted octanol–water partition coefficient (Wildman–Crippen LogP) is 5.98. The number of thiol groups is 1. The molecule has 0 atom stereocenters. The highest BCUT2D eigenvalue weighted by Gasteiger charge is 2.30. The van der Waals surface area contributed by atoms with Gasteiger partial charge >= 0.3 is 6.18 Å². The molecule has 1 saturated heterocycles. The summed E-state index contributed by atoms with van der Waals surface area (Å²) in [6.45, 7) is 8.00. The predicted molar refractivity (Wildman–Crippen MR) is 134 cm³/mol. The molecule has 0 unspecified atom stereocenters. The minimum atomic E-state index is -4.35. The lowest BCUT2D eigenvalue weighted by Gasteiger charge is -2.30. The standard InChI is InChI=1S/C27H29F3N2O2S/c1-21-3-13-26(14-4-21)35-32-18-16-31(17-19-32)15-2-20-33-23-9-11-25(12-10-23)34-24-7-5-22(6-8-24)27(28,29)30/h3-14H,2,15-20H2,1H3/p+1. The topological polar surface area (TPSA) is 24.9 Å². The van der Waals surface area contributed by atoms with Gasteiger partial charge in [0, 0.05) is 19.6 Å². The Kier molecular flexibility index (Phi) is 8.59. The van der Waals surface area contributed by atoms with E-state index in [9.17, 15) is 13.2 Å². The van der Waals surface area contributed by atoms with Gasteiger partial charge in [-0.25, -0.2) is 0 Å². The van der Waals surface area contributed by atoms with Gasteiger partial charge in [0.25, 0.3) is 0 Å². The molecule has 0 saturated carbocycles. The molecule has 1 aliphatic heterocycles. The van der Waals surface area contributed by atoms with Crippen LogP contribution in [-0.2, 0) is 18.1 Å². The Morgan fingerprint density at radius 1 is 0.771 bits per heavy atom. The van der Waals surface area contributed by atoms with E-state index in [0.29, 0.717) is 18.1 Å². The van der Waals surface area contributed by atoms with Gasteiger partial charge in [-0.05, 0) is 74.0 Å². The molecule has 0 radical (unpaired) electrons. The Labute approximate surface area is 208 Å². The van der Waals surface area contributed by atoms with E-state index in [0.717, 1.165) is 57.0 Å². The van der Waals surface area contributed by atoms with E-state index in [2.05, 4.69) is 40.4 Å². The summed E-state index contributed by atoms with van der Waals surface area (Å²) < 4.78 is 51.9. The number of aryl methyl sites for hydroxylation is 1. The fourth-order valence-electron chi connectivity index (χ4n) is 3.77. The Bertz CT molecular complexity index is 1050. The Balaban J connectivity index is 1.12. The number of nitrogens with zero attached hydrogens (tertiary/aromatic N) is 2. The average Bonchev–Trinajstić information content (AvgIpc) is 2.85. The van der Waals surface area contributed by atoms with Crippen LogP contribution in [0.2, 0.25) is 0 Å². The van der Waals surface area contributed by atoms with E-state index >= 15 is 0 Å². The quantitative estimate of drug-likeness (QED) is 0.204. The lowest BCUT2D eigenvalue weighted by Crippen LogP contribution is -2.45. The molecule has 3 aromatic carbocycles. The number of ether oxygens (including phenoxy) is 2. The normalized spacial score (nSPS) is 15.2. The van der Waals surface area contributed by atoms with Crippen LogP contribution in [0.5, 0.6) is 17.2 Å². The molecule has 0 amide bonds. The lowest BCUT2D eigenvalue weighted by atomic mass is 10.2. The maximum Gasteiger partial charge on any atom is 0.416 e. The van der Waals surface area contributed by atoms with Gasteiger partial charge in [-0.3, -0.25) is 0 Å². The number of alkyl halides is 3. The minimum absolute atomic E-state index is 0.352. The molecule has 0 aliphatic carbocycles. The molecule has 0 N–H and O–H groups in total. The number of hydrogen-bond acceptors (Lipinski definition) is 4. The van der Waals surface area contributed by atoms with Crippen molar-refractivity contribution >= 4 is 11.9 Å². The lowest BCUT2D eigenvalue weighted by molar-refractivity contribution is -0.137. The number of halogens is 3. The second-order valence-electron chi connectivity index (χ2n) is 8.53. The first kappa shape index (κ1) is 25.4. The van der Waals surface area contributed by atoms with Crippen LogP contribution in [0.25, 0.3) is 0 Å². The minimum Gasteiger partial charge on any atom is -0.494 e. The third kappa shape index (κ3) is 7.92. The second kappa shape index (κ2) is 11.8. The van der Waals surface area contributed by atoms with Crippen molar-refractivity contribution in [3.8, 4) is 17.2 Å². The second-order valence-corrected chi connectivity index (χ2v) is 9.81. The zero-order chi connectivity index (χ0) is 24.7. The van der Waals surface area contributed by atoms with Gasteiger partial charge in [0.05, 0.1) is 37.2 Å². The molecule has 35 heavy (non-hydrogen) atoms. The van der Waals surface area contributed by atoms with Crippen LogP contribution < -0.4 is 9.47 Å². The smallest absolute Gasteiger partial charge is 0.416 e. The van der Waals surface area contributed by atoms with Crippen LogP contribution in [0.1, 0.15) is 17.5 Å². The largest absolute Gasteiger partial charge is 0.494 e. The van der Waals surface area contributed by atoms with Crippen LogP contribution >= 0.6 is 0 Å². The molecule has 0 aromatic heterocycles. The molecule has 186 valence electrons. The molecule has 1 aliphatic rings. The first-order valence-electron chi connectivity index (χ1n) is 11.7. The average molecular weight is 504 g/mol. The van der Waals surface area contributed by atoms with Gasteiger partial charge in [0.1, 0.15) is 17.2 Å². The summed E-state index contributed by atoms with van der Waals surface area (Å²) in [6, 6.07) is 20.5. The van der Waals surface area contributed by atoms with Gasteiger partial charge in [-0.1, -0.05) is 17.7 Å². The molecular weight excluding hydrogens is 473 g/mol. The van der Waals surface area contributed by atoms with Crippen molar-refractivity contribution in [3.05, 3.63) is 83.9 Å². The van der Waals surface area contributed by atoms with Crippen molar-refractivity contribution in [2.24, 2.45) is 0 Å². The van der Waals surface area contributed by atoms with Crippen molar-refractivity contribution in [2.75, 3.05) is 39.3 Å². The van der Waals surface area contributed by atoms with Crippen molar-refractivity contribution in [1.82, 2.24) is 9.21 Å². The van der Waals surface area contributed by atoms with E-state index in [-0.39, 0.29) is 0 Å². The van der Waals surface area contributed by atoms with Gasteiger partial charge in [0.15, 0.2) is 4.90 Å². The SMILES string of the molecule is Cc1ccc([SH+]N2CCN(CCCOc3ccc(Oc4ccc(C(F)(F)F)cc4)cc3)CC2)cc1. The monoisotopic (exact) mass is 503 g/mol. The third-order valence-electron chi connectivity index (χ3n) is 5.77. The fraction of sp³-hybridized carbons (Fsp3) is 0.333. The van der Waals surface area contributed by atoms with Crippen LogP contribution in [-0.4, -0.2) is 48.5 Å². The molecule has 4 rings (SSSR count). The fourth-order valence-corrected chi connectivity index (χ4v) is 4.75. The third-order valence-corrected chi connectivity index (χ3v) is 6.98. The van der Waals surface area contributed by atoms with Crippen LogP contribution in [0.3, 0.4) is 0 Å². The zero-order valence-corrected chi connectivity index (χ0v) is 20.6. The van der Waals surface area contributed by atoms with Gasteiger partial charge < -0.3 is 14.4 Å². The summed E-state index contributed by atoms with van der Waals surface area (Å²) in [6.07, 6.45) is -3.41. The summed E-state index contributed by atoms with van der Waals surface area (Å²) >= 11 is 1.28. The van der Waals surface area contributed by atoms with Gasteiger partial charge in [-0.2, -0.15) is 13.2 Å². The Morgan fingerprint density at radius 2 is 1.34 bits per heavy atom. The highest BCUT2D eigenvalue weighted by molar-refractivity contribution is 7.76. The van der Waals surface area contributed by atoms with Crippen molar-refractivity contribution < 1.29 is 22.6 Å². The summed E-state index contributed by atoms with van der Waals surface area (Å²) in [5.74, 6) is 1.64. The molecule has 1 fully saturated rings. The van der Waals surface area contributed by atoms with E-state index in [1.54, 1.807) is 12.1 Å². The molecule has 3 aromatic rings. The maximum absolute atomic E-state index is 12.7. The molecular formula is C27H30F3N2O2S+. The number of benzene rings is 3. The van der Waals surface area contributed by atoms with Crippen molar-refractivity contribution in [1.29, 1.82) is 0 Å². The number of piperazine rings is 1. The van der Waals surface area contributed by atoms with Gasteiger partial charge in [-0.15, -0.1) is 4.31 Å². The van der Waals surface area contributed by atoms with E-state index < -0.39 is 11.7 Å². The molecule has 1 heterocycles. The zero-order valence-electron chi connectivity index (χ0n) is 19.7. The van der Waals surface area contributed by atoms with Crippen LogP contribution in [0.4, 0.5) is 13.2 Å². The summed E-state index contributed by atoms with van der Waals surface area (Å²) in [7, 11) is 0. The van der Waals surface area contributed by atoms with E-state index in [4.69, 9.17) is 9.47 Å².